The summed E-state index contributed by atoms with van der Waals surface area (Å²) in [7, 11) is 0. The summed E-state index contributed by atoms with van der Waals surface area (Å²) in [6, 6.07) is 6.78. The van der Waals surface area contributed by atoms with E-state index in [1.807, 2.05) is 6.29 Å². The number of carbonyl (C=O) groups is 1. The molecule has 0 aliphatic carbocycles. The van der Waals surface area contributed by atoms with Crippen molar-refractivity contribution in [1.29, 1.82) is 0 Å². The second-order valence-electron chi connectivity index (χ2n) is 6.51. The summed E-state index contributed by atoms with van der Waals surface area (Å²) in [5.41, 5.74) is 1.24. The molecule has 0 aromatic heterocycles. The third-order valence-corrected chi connectivity index (χ3v) is 4.29. The SMILES string of the molecule is CCCCCCCCCCCCCC(=O)Nc1ccc([C]=O)cc1. The normalized spacial score (nSPS) is 10.5. The number of amides is 1. The van der Waals surface area contributed by atoms with Crippen LogP contribution in [0.1, 0.15) is 89.5 Å². The average Bonchev–Trinajstić information content (AvgIpc) is 2.60. The Hall–Kier alpha value is -1.64. The molecule has 1 radical (unpaired) electrons. The molecule has 0 heterocycles. The van der Waals surface area contributed by atoms with Gasteiger partial charge in [0, 0.05) is 17.7 Å². The van der Waals surface area contributed by atoms with E-state index >= 15 is 0 Å². The molecule has 0 fully saturated rings. The van der Waals surface area contributed by atoms with Gasteiger partial charge in [-0.15, -0.1) is 0 Å². The van der Waals surface area contributed by atoms with Crippen LogP contribution in [-0.4, -0.2) is 12.2 Å². The fraction of sp³-hybridized carbons (Fsp3) is 0.619. The highest BCUT2D eigenvalue weighted by atomic mass is 16.1. The zero-order valence-corrected chi connectivity index (χ0v) is 15.1. The highest BCUT2D eigenvalue weighted by Gasteiger charge is 2.02. The molecule has 0 aliphatic heterocycles. The Morgan fingerprint density at radius 1 is 0.833 bits per heavy atom. The van der Waals surface area contributed by atoms with Crippen molar-refractivity contribution in [2.24, 2.45) is 0 Å². The van der Waals surface area contributed by atoms with Crippen molar-refractivity contribution in [3.63, 3.8) is 0 Å². The number of carbonyl (C=O) groups excluding carboxylic acids is 2. The van der Waals surface area contributed by atoms with Crippen LogP contribution in [0.2, 0.25) is 0 Å². The summed E-state index contributed by atoms with van der Waals surface area (Å²) in [5.74, 6) is 0.0498. The lowest BCUT2D eigenvalue weighted by atomic mass is 10.1. The summed E-state index contributed by atoms with van der Waals surface area (Å²) in [4.78, 5) is 22.3. The predicted molar refractivity (Wildman–Crippen MR) is 101 cm³/mol. The number of benzene rings is 1. The van der Waals surface area contributed by atoms with E-state index < -0.39 is 0 Å². The van der Waals surface area contributed by atoms with Crippen molar-refractivity contribution in [3.05, 3.63) is 29.8 Å². The van der Waals surface area contributed by atoms with Crippen molar-refractivity contribution < 1.29 is 9.59 Å². The molecule has 0 atom stereocenters. The van der Waals surface area contributed by atoms with Crippen LogP contribution in [0.5, 0.6) is 0 Å². The zero-order valence-electron chi connectivity index (χ0n) is 15.1. The summed E-state index contributed by atoms with van der Waals surface area (Å²) in [6.45, 7) is 2.25. The molecule has 24 heavy (non-hydrogen) atoms. The van der Waals surface area contributed by atoms with E-state index in [0.29, 0.717) is 12.0 Å². The van der Waals surface area contributed by atoms with Gasteiger partial charge in [-0.3, -0.25) is 9.59 Å². The Balaban J connectivity index is 1.95. The van der Waals surface area contributed by atoms with Gasteiger partial charge in [-0.1, -0.05) is 71.1 Å². The van der Waals surface area contributed by atoms with Gasteiger partial charge in [0.15, 0.2) is 0 Å². The van der Waals surface area contributed by atoms with Gasteiger partial charge in [-0.2, -0.15) is 0 Å². The van der Waals surface area contributed by atoms with E-state index in [4.69, 9.17) is 0 Å². The minimum atomic E-state index is 0.0498. The molecule has 0 spiro atoms. The van der Waals surface area contributed by atoms with Crippen LogP contribution in [0.25, 0.3) is 0 Å². The first kappa shape index (κ1) is 20.4. The van der Waals surface area contributed by atoms with Crippen LogP contribution in [0.4, 0.5) is 5.69 Å². The molecule has 0 bridgehead atoms. The third kappa shape index (κ3) is 10.2. The van der Waals surface area contributed by atoms with Gasteiger partial charge in [0.2, 0.25) is 12.2 Å². The van der Waals surface area contributed by atoms with E-state index in [-0.39, 0.29) is 5.91 Å². The second kappa shape index (κ2) is 13.8. The van der Waals surface area contributed by atoms with Crippen molar-refractivity contribution in [2.75, 3.05) is 5.32 Å². The molecule has 1 N–H and O–H groups in total. The highest BCUT2D eigenvalue weighted by molar-refractivity contribution is 5.91. The van der Waals surface area contributed by atoms with Crippen molar-refractivity contribution >= 4 is 17.9 Å². The maximum Gasteiger partial charge on any atom is 0.233 e. The van der Waals surface area contributed by atoms with E-state index in [2.05, 4.69) is 12.2 Å². The van der Waals surface area contributed by atoms with E-state index in [0.717, 1.165) is 18.5 Å². The number of nitrogens with one attached hydrogen (secondary N) is 1. The number of rotatable bonds is 14. The standard InChI is InChI=1S/C21H32NO2/c1-2-3-4-5-6-7-8-9-10-11-12-13-21(24)22-20-16-14-19(18-23)15-17-20/h14-17H,2-13H2,1H3,(H,22,24). The third-order valence-electron chi connectivity index (χ3n) is 4.29. The number of unbranched alkanes of at least 4 members (excludes halogenated alkanes) is 10. The van der Waals surface area contributed by atoms with Gasteiger partial charge >= 0.3 is 0 Å². The Labute approximate surface area is 147 Å². The summed E-state index contributed by atoms with van der Waals surface area (Å²) in [6.07, 6.45) is 16.5. The lowest BCUT2D eigenvalue weighted by molar-refractivity contribution is -0.116. The number of hydrogen-bond donors (Lipinski definition) is 1. The van der Waals surface area contributed by atoms with Gasteiger partial charge in [0.1, 0.15) is 0 Å². The lowest BCUT2D eigenvalue weighted by Gasteiger charge is -2.05. The molecule has 1 rings (SSSR count). The Kier molecular flexibility index (Phi) is 11.7. The second-order valence-corrected chi connectivity index (χ2v) is 6.51. The van der Waals surface area contributed by atoms with Crippen LogP contribution in [0.3, 0.4) is 0 Å². The minimum absolute atomic E-state index is 0.0498. The quantitative estimate of drug-likeness (QED) is 0.439. The van der Waals surface area contributed by atoms with Crippen LogP contribution < -0.4 is 5.32 Å². The molecule has 133 valence electrons. The predicted octanol–water partition coefficient (Wildman–Crippen LogP) is 5.78. The Bertz CT molecular complexity index is 453. The maximum atomic E-state index is 11.8. The first-order valence-corrected chi connectivity index (χ1v) is 9.54. The van der Waals surface area contributed by atoms with Crippen molar-refractivity contribution in [1.82, 2.24) is 0 Å². The Morgan fingerprint density at radius 2 is 1.33 bits per heavy atom. The summed E-state index contributed by atoms with van der Waals surface area (Å²) < 4.78 is 0. The van der Waals surface area contributed by atoms with Gasteiger partial charge in [-0.25, -0.2) is 0 Å². The van der Waals surface area contributed by atoms with Crippen LogP contribution >= 0.6 is 0 Å². The van der Waals surface area contributed by atoms with E-state index in [9.17, 15) is 9.59 Å². The molecule has 3 nitrogen and oxygen atoms in total. The molecular weight excluding hydrogens is 298 g/mol. The molecule has 0 saturated heterocycles. The largest absolute Gasteiger partial charge is 0.326 e. The molecule has 0 aliphatic rings. The first-order chi connectivity index (χ1) is 11.8. The van der Waals surface area contributed by atoms with Gasteiger partial charge in [-0.05, 0) is 30.7 Å². The zero-order chi connectivity index (χ0) is 17.5. The van der Waals surface area contributed by atoms with Gasteiger partial charge < -0.3 is 5.32 Å². The van der Waals surface area contributed by atoms with Gasteiger partial charge in [0.05, 0.1) is 0 Å². The smallest absolute Gasteiger partial charge is 0.233 e. The topological polar surface area (TPSA) is 46.2 Å². The molecule has 3 heteroatoms. The fourth-order valence-corrected chi connectivity index (χ4v) is 2.79. The van der Waals surface area contributed by atoms with Crippen molar-refractivity contribution in [2.45, 2.75) is 84.0 Å². The van der Waals surface area contributed by atoms with Gasteiger partial charge in [0.25, 0.3) is 0 Å². The minimum Gasteiger partial charge on any atom is -0.326 e. The Morgan fingerprint density at radius 3 is 1.83 bits per heavy atom. The van der Waals surface area contributed by atoms with Crippen LogP contribution in [-0.2, 0) is 9.59 Å². The van der Waals surface area contributed by atoms with Crippen LogP contribution in [0.15, 0.2) is 24.3 Å². The summed E-state index contributed by atoms with van der Waals surface area (Å²) in [5, 5.41) is 2.86. The molecule has 1 aromatic rings. The number of anilines is 1. The summed E-state index contributed by atoms with van der Waals surface area (Å²) >= 11 is 0. The molecule has 1 amide bonds. The molecular formula is C21H32NO2. The fourth-order valence-electron chi connectivity index (χ4n) is 2.79. The first-order valence-electron chi connectivity index (χ1n) is 9.54. The van der Waals surface area contributed by atoms with Crippen LogP contribution in [0, 0.1) is 0 Å². The number of hydrogen-bond acceptors (Lipinski definition) is 2. The lowest BCUT2D eigenvalue weighted by Crippen LogP contribution is -2.10. The molecule has 0 saturated carbocycles. The molecule has 1 aromatic carbocycles. The van der Waals surface area contributed by atoms with Crippen molar-refractivity contribution in [3.8, 4) is 0 Å². The highest BCUT2D eigenvalue weighted by Crippen LogP contribution is 2.13. The molecule has 0 unspecified atom stereocenters. The average molecular weight is 330 g/mol. The van der Waals surface area contributed by atoms with E-state index in [1.165, 1.54) is 57.8 Å². The van der Waals surface area contributed by atoms with E-state index in [1.54, 1.807) is 24.3 Å². The monoisotopic (exact) mass is 330 g/mol. The maximum absolute atomic E-state index is 11.8.